The third-order valence-electron chi connectivity index (χ3n) is 3.97. The number of nitrogens with two attached hydrogens (primary N) is 1. The zero-order valence-electron chi connectivity index (χ0n) is 11.7. The highest BCUT2D eigenvalue weighted by atomic mass is 16.1. The normalized spacial score (nSPS) is 11.6. The summed E-state index contributed by atoms with van der Waals surface area (Å²) in [6, 6.07) is 3.99. The standard InChI is InChI=1S/C15H24N2O/c1-4-12-7-8-13(17-10-12)9-14(18)15(5-2,6-3)11-16/h7-8,10H,4-6,9,11,16H2,1-3H3. The quantitative estimate of drug-likeness (QED) is 0.806. The molecule has 1 aromatic rings. The van der Waals surface area contributed by atoms with E-state index in [0.717, 1.165) is 25.0 Å². The van der Waals surface area contributed by atoms with Crippen molar-refractivity contribution < 1.29 is 4.79 Å². The highest BCUT2D eigenvalue weighted by molar-refractivity contribution is 5.86. The maximum absolute atomic E-state index is 12.4. The van der Waals surface area contributed by atoms with Crippen LogP contribution in [0.2, 0.25) is 0 Å². The van der Waals surface area contributed by atoms with Crippen LogP contribution in [0.1, 0.15) is 44.9 Å². The number of pyridine rings is 1. The van der Waals surface area contributed by atoms with Gasteiger partial charge in [0.1, 0.15) is 5.78 Å². The van der Waals surface area contributed by atoms with Crippen molar-refractivity contribution in [1.29, 1.82) is 0 Å². The fourth-order valence-electron chi connectivity index (χ4n) is 2.17. The first-order chi connectivity index (χ1) is 8.61. The van der Waals surface area contributed by atoms with Gasteiger partial charge in [0.25, 0.3) is 0 Å². The Morgan fingerprint density at radius 3 is 2.33 bits per heavy atom. The van der Waals surface area contributed by atoms with Gasteiger partial charge in [-0.3, -0.25) is 9.78 Å². The number of rotatable bonds is 7. The summed E-state index contributed by atoms with van der Waals surface area (Å²) in [6.45, 7) is 6.57. The van der Waals surface area contributed by atoms with Gasteiger partial charge in [0.15, 0.2) is 0 Å². The van der Waals surface area contributed by atoms with Crippen LogP contribution >= 0.6 is 0 Å². The predicted octanol–water partition coefficient (Wildman–Crippen LogP) is 2.52. The van der Waals surface area contributed by atoms with Gasteiger partial charge >= 0.3 is 0 Å². The fourth-order valence-corrected chi connectivity index (χ4v) is 2.17. The zero-order chi connectivity index (χ0) is 13.6. The molecule has 0 aliphatic carbocycles. The van der Waals surface area contributed by atoms with Crippen LogP contribution in [0.25, 0.3) is 0 Å². The average molecular weight is 248 g/mol. The molecule has 1 aromatic heterocycles. The van der Waals surface area contributed by atoms with Crippen LogP contribution in [-0.4, -0.2) is 17.3 Å². The first-order valence-corrected chi connectivity index (χ1v) is 6.79. The van der Waals surface area contributed by atoms with Crippen molar-refractivity contribution >= 4 is 5.78 Å². The summed E-state index contributed by atoms with van der Waals surface area (Å²) in [5.41, 5.74) is 7.46. The molecule has 0 saturated carbocycles. The van der Waals surface area contributed by atoms with Crippen LogP contribution in [0.4, 0.5) is 0 Å². The Bertz CT molecular complexity index is 372. The first kappa shape index (κ1) is 14.8. The highest BCUT2D eigenvalue weighted by Gasteiger charge is 2.32. The van der Waals surface area contributed by atoms with Gasteiger partial charge in [-0.25, -0.2) is 0 Å². The summed E-state index contributed by atoms with van der Waals surface area (Å²) in [5.74, 6) is 0.215. The van der Waals surface area contributed by atoms with Gasteiger partial charge < -0.3 is 5.73 Å². The van der Waals surface area contributed by atoms with Crippen LogP contribution in [0.15, 0.2) is 18.3 Å². The van der Waals surface area contributed by atoms with Crippen LogP contribution in [-0.2, 0) is 17.6 Å². The fraction of sp³-hybridized carbons (Fsp3) is 0.600. The lowest BCUT2D eigenvalue weighted by atomic mass is 9.77. The van der Waals surface area contributed by atoms with Gasteiger partial charge in [-0.2, -0.15) is 0 Å². The summed E-state index contributed by atoms with van der Waals surface area (Å²) < 4.78 is 0. The number of nitrogens with zero attached hydrogens (tertiary/aromatic N) is 1. The van der Waals surface area contributed by atoms with Crippen molar-refractivity contribution in [1.82, 2.24) is 4.98 Å². The summed E-state index contributed by atoms with van der Waals surface area (Å²) >= 11 is 0. The molecule has 2 N–H and O–H groups in total. The van der Waals surface area contributed by atoms with E-state index in [-0.39, 0.29) is 11.2 Å². The smallest absolute Gasteiger partial charge is 0.146 e. The summed E-state index contributed by atoms with van der Waals surface area (Å²) in [5, 5.41) is 0. The number of hydrogen-bond donors (Lipinski definition) is 1. The van der Waals surface area contributed by atoms with E-state index >= 15 is 0 Å². The molecule has 1 rings (SSSR count). The summed E-state index contributed by atoms with van der Waals surface area (Å²) in [7, 11) is 0. The van der Waals surface area contributed by atoms with E-state index in [1.165, 1.54) is 5.56 Å². The van der Waals surface area contributed by atoms with E-state index in [2.05, 4.69) is 11.9 Å². The van der Waals surface area contributed by atoms with Gasteiger partial charge in [0.05, 0.1) is 0 Å². The minimum atomic E-state index is -0.370. The van der Waals surface area contributed by atoms with Gasteiger partial charge in [-0.15, -0.1) is 0 Å². The van der Waals surface area contributed by atoms with Crippen molar-refractivity contribution in [2.24, 2.45) is 11.1 Å². The monoisotopic (exact) mass is 248 g/mol. The second-order valence-electron chi connectivity index (χ2n) is 4.80. The molecule has 0 fully saturated rings. The average Bonchev–Trinajstić information content (AvgIpc) is 2.42. The van der Waals surface area contributed by atoms with Gasteiger partial charge in [-0.05, 0) is 30.9 Å². The number of aryl methyl sites for hydroxylation is 1. The third-order valence-corrected chi connectivity index (χ3v) is 3.97. The van der Waals surface area contributed by atoms with Gasteiger partial charge in [0, 0.05) is 30.3 Å². The molecule has 0 aromatic carbocycles. The second kappa shape index (κ2) is 6.64. The molecule has 0 spiro atoms. The number of carbonyl (C=O) groups excluding carboxylic acids is 1. The molecule has 18 heavy (non-hydrogen) atoms. The van der Waals surface area contributed by atoms with Crippen molar-refractivity contribution in [2.75, 3.05) is 6.54 Å². The Morgan fingerprint density at radius 2 is 1.94 bits per heavy atom. The van der Waals surface area contributed by atoms with E-state index in [1.54, 1.807) is 0 Å². The van der Waals surface area contributed by atoms with E-state index in [4.69, 9.17) is 5.73 Å². The molecule has 3 nitrogen and oxygen atoms in total. The SMILES string of the molecule is CCc1ccc(CC(=O)C(CC)(CC)CN)nc1. The molecule has 3 heteroatoms. The number of hydrogen-bond acceptors (Lipinski definition) is 3. The van der Waals surface area contributed by atoms with E-state index < -0.39 is 0 Å². The molecule has 0 saturated heterocycles. The number of carbonyl (C=O) groups is 1. The van der Waals surface area contributed by atoms with Crippen molar-refractivity contribution in [3.8, 4) is 0 Å². The predicted molar refractivity (Wildman–Crippen MR) is 74.4 cm³/mol. The van der Waals surface area contributed by atoms with Gasteiger partial charge in [0.2, 0.25) is 0 Å². The lowest BCUT2D eigenvalue weighted by molar-refractivity contribution is -0.128. The number of ketones is 1. The highest BCUT2D eigenvalue weighted by Crippen LogP contribution is 2.27. The van der Waals surface area contributed by atoms with Crippen molar-refractivity contribution in [2.45, 2.75) is 46.5 Å². The van der Waals surface area contributed by atoms with Crippen molar-refractivity contribution in [3.05, 3.63) is 29.6 Å². The topological polar surface area (TPSA) is 56.0 Å². The second-order valence-corrected chi connectivity index (χ2v) is 4.80. The Morgan fingerprint density at radius 1 is 1.28 bits per heavy atom. The van der Waals surface area contributed by atoms with Crippen LogP contribution < -0.4 is 5.73 Å². The number of aromatic nitrogens is 1. The molecule has 0 bridgehead atoms. The molecule has 0 aliphatic rings. The van der Waals surface area contributed by atoms with E-state index in [0.29, 0.717) is 13.0 Å². The molecular weight excluding hydrogens is 224 g/mol. The maximum Gasteiger partial charge on any atom is 0.146 e. The Hall–Kier alpha value is -1.22. The van der Waals surface area contributed by atoms with Crippen LogP contribution in [0.5, 0.6) is 0 Å². The van der Waals surface area contributed by atoms with E-state index in [9.17, 15) is 4.79 Å². The van der Waals surface area contributed by atoms with Crippen LogP contribution in [0.3, 0.4) is 0 Å². The molecule has 0 radical (unpaired) electrons. The van der Waals surface area contributed by atoms with Crippen LogP contribution in [0, 0.1) is 5.41 Å². The Kier molecular flexibility index (Phi) is 5.48. The molecule has 0 unspecified atom stereocenters. The lowest BCUT2D eigenvalue weighted by Gasteiger charge is -2.28. The summed E-state index contributed by atoms with van der Waals surface area (Å²) in [4.78, 5) is 16.7. The minimum absolute atomic E-state index is 0.215. The molecule has 0 amide bonds. The maximum atomic E-state index is 12.4. The molecule has 1 heterocycles. The lowest BCUT2D eigenvalue weighted by Crippen LogP contribution is -2.38. The Labute approximate surface area is 110 Å². The van der Waals surface area contributed by atoms with Gasteiger partial charge in [-0.1, -0.05) is 26.8 Å². The molecule has 0 atom stereocenters. The van der Waals surface area contributed by atoms with Crippen molar-refractivity contribution in [3.63, 3.8) is 0 Å². The number of Topliss-reactive ketones (excluding diaryl/α,β-unsaturated/α-hetero) is 1. The minimum Gasteiger partial charge on any atom is -0.329 e. The first-order valence-electron chi connectivity index (χ1n) is 6.79. The largest absolute Gasteiger partial charge is 0.329 e. The Balaban J connectivity index is 2.79. The van der Waals surface area contributed by atoms with E-state index in [1.807, 2.05) is 32.2 Å². The molecule has 0 aliphatic heterocycles. The molecular formula is C15H24N2O. The molecule has 100 valence electrons. The summed E-state index contributed by atoms with van der Waals surface area (Å²) in [6.07, 6.45) is 4.81. The zero-order valence-corrected chi connectivity index (χ0v) is 11.7. The third kappa shape index (κ3) is 3.16.